The van der Waals surface area contributed by atoms with Crippen molar-refractivity contribution < 1.29 is 28.4 Å². The topological polar surface area (TPSA) is 100 Å². The lowest BCUT2D eigenvalue weighted by atomic mass is 9.96. The van der Waals surface area contributed by atoms with Crippen molar-refractivity contribution in [3.05, 3.63) is 35.6 Å². The molecule has 9 heteroatoms. The lowest BCUT2D eigenvalue weighted by molar-refractivity contribution is -0.408. The zero-order valence-electron chi connectivity index (χ0n) is 16.8. The van der Waals surface area contributed by atoms with E-state index in [1.165, 1.54) is 18.7 Å². The number of urea groups is 1. The maximum atomic E-state index is 13.1. The Kier molecular flexibility index (Phi) is 5.76. The summed E-state index contributed by atoms with van der Waals surface area (Å²) in [6, 6.07) is 6.26. The molecule has 2 aliphatic rings. The minimum atomic E-state index is -0.860. The first-order valence-corrected chi connectivity index (χ1v) is 9.15. The smallest absolute Gasteiger partial charge is 0.446 e. The summed E-state index contributed by atoms with van der Waals surface area (Å²) in [4.78, 5) is 43.6. The van der Waals surface area contributed by atoms with Gasteiger partial charge in [0.1, 0.15) is 17.7 Å². The van der Waals surface area contributed by atoms with Gasteiger partial charge >= 0.3 is 11.9 Å². The number of dihydropyridines is 1. The SMILES string of the molecule is CCOC1=C(C)C=NC2=[N+](C)C(=O)N(CC(=O)Nc3ccccc3OC)C(=O)C12. The Morgan fingerprint density at radius 2 is 2.03 bits per heavy atom. The van der Waals surface area contributed by atoms with E-state index < -0.39 is 30.3 Å². The summed E-state index contributed by atoms with van der Waals surface area (Å²) in [5.41, 5.74) is 1.15. The predicted octanol–water partition coefficient (Wildman–Crippen LogP) is 1.65. The number of carbonyl (C=O) groups excluding carboxylic acids is 3. The molecular weight excluding hydrogens is 376 g/mol. The summed E-state index contributed by atoms with van der Waals surface area (Å²) in [5, 5.41) is 2.67. The third kappa shape index (κ3) is 3.75. The van der Waals surface area contributed by atoms with E-state index in [0.29, 0.717) is 29.4 Å². The van der Waals surface area contributed by atoms with E-state index in [9.17, 15) is 14.4 Å². The number of amidine groups is 1. The van der Waals surface area contributed by atoms with Gasteiger partial charge in [0, 0.05) is 5.57 Å². The molecule has 3 rings (SSSR count). The Labute approximate surface area is 168 Å². The van der Waals surface area contributed by atoms with E-state index >= 15 is 0 Å². The quantitative estimate of drug-likeness (QED) is 0.733. The van der Waals surface area contributed by atoms with Gasteiger partial charge in [-0.15, -0.1) is 4.99 Å². The van der Waals surface area contributed by atoms with Gasteiger partial charge in [-0.2, -0.15) is 9.48 Å². The number of rotatable bonds is 6. The number of para-hydroxylation sites is 2. The summed E-state index contributed by atoms with van der Waals surface area (Å²) >= 11 is 0. The van der Waals surface area contributed by atoms with Crippen molar-refractivity contribution in [1.29, 1.82) is 0 Å². The second-order valence-electron chi connectivity index (χ2n) is 6.54. The van der Waals surface area contributed by atoms with Gasteiger partial charge in [0.2, 0.25) is 0 Å². The maximum Gasteiger partial charge on any atom is 0.446 e. The van der Waals surface area contributed by atoms with Gasteiger partial charge in [0.15, 0.2) is 12.5 Å². The second-order valence-corrected chi connectivity index (χ2v) is 6.54. The van der Waals surface area contributed by atoms with Gasteiger partial charge in [0.25, 0.3) is 11.7 Å². The van der Waals surface area contributed by atoms with Gasteiger partial charge in [-0.1, -0.05) is 12.1 Å². The molecule has 2 aliphatic heterocycles. The number of nitrogens with zero attached hydrogens (tertiary/aromatic N) is 3. The van der Waals surface area contributed by atoms with Gasteiger partial charge in [-0.3, -0.25) is 9.59 Å². The van der Waals surface area contributed by atoms with E-state index in [1.807, 2.05) is 6.92 Å². The number of nitrogens with one attached hydrogen (secondary N) is 1. The Morgan fingerprint density at radius 1 is 1.31 bits per heavy atom. The van der Waals surface area contributed by atoms with Gasteiger partial charge in [-0.05, 0) is 26.0 Å². The first kappa shape index (κ1) is 20.2. The minimum absolute atomic E-state index is 0.287. The van der Waals surface area contributed by atoms with Crippen LogP contribution in [0.3, 0.4) is 0 Å². The number of fused-ring (bicyclic) bond motifs is 1. The van der Waals surface area contributed by atoms with Crippen molar-refractivity contribution in [2.75, 3.05) is 32.6 Å². The van der Waals surface area contributed by atoms with Crippen LogP contribution in [0.15, 0.2) is 40.6 Å². The van der Waals surface area contributed by atoms with Crippen LogP contribution < -0.4 is 10.1 Å². The molecule has 1 N–H and O–H groups in total. The minimum Gasteiger partial charge on any atom is -0.496 e. The number of aliphatic imine (C=N–C) groups is 1. The molecular formula is C20H23N4O5+. The second kappa shape index (κ2) is 8.26. The molecule has 0 radical (unpaired) electrons. The third-order valence-electron chi connectivity index (χ3n) is 4.66. The highest BCUT2D eigenvalue weighted by molar-refractivity contribution is 6.17. The number of benzene rings is 1. The molecule has 1 atom stereocenters. The molecule has 0 bridgehead atoms. The largest absolute Gasteiger partial charge is 0.496 e. The molecule has 2 heterocycles. The summed E-state index contributed by atoms with van der Waals surface area (Å²) < 4.78 is 12.1. The Hall–Kier alpha value is -3.49. The average Bonchev–Trinajstić information content (AvgIpc) is 2.71. The average molecular weight is 399 g/mol. The number of ether oxygens (including phenoxy) is 2. The summed E-state index contributed by atoms with van der Waals surface area (Å²) in [6.45, 7) is 3.52. The fraction of sp³-hybridized carbons (Fsp3) is 0.350. The van der Waals surface area contributed by atoms with Crippen LogP contribution in [0.1, 0.15) is 13.8 Å². The van der Waals surface area contributed by atoms with Gasteiger partial charge in [-0.25, -0.2) is 4.79 Å². The number of imide groups is 1. The van der Waals surface area contributed by atoms with Crippen LogP contribution in [0.25, 0.3) is 0 Å². The third-order valence-corrected chi connectivity index (χ3v) is 4.66. The Balaban J connectivity index is 1.86. The first-order valence-electron chi connectivity index (χ1n) is 9.15. The number of allylic oxidation sites excluding steroid dienone is 1. The number of anilines is 1. The van der Waals surface area contributed by atoms with Crippen molar-refractivity contribution in [3.8, 4) is 5.75 Å². The zero-order valence-corrected chi connectivity index (χ0v) is 16.8. The van der Waals surface area contributed by atoms with E-state index in [4.69, 9.17) is 9.47 Å². The molecule has 1 aromatic carbocycles. The fourth-order valence-electron chi connectivity index (χ4n) is 3.26. The van der Waals surface area contributed by atoms with E-state index in [1.54, 1.807) is 37.4 Å². The standard InChI is InChI=1S/C20H22N4O5/c1-5-29-17-12(2)10-21-18-16(17)19(26)24(20(27)23(18)3)11-15(25)22-13-8-6-7-9-14(13)28-4/h6-10,16H,5,11H2,1-4H3/p+1. The lowest BCUT2D eigenvalue weighted by Gasteiger charge is -2.29. The van der Waals surface area contributed by atoms with Crippen LogP contribution in [0, 0.1) is 5.92 Å². The van der Waals surface area contributed by atoms with Crippen LogP contribution in [0.4, 0.5) is 10.5 Å². The summed E-state index contributed by atoms with van der Waals surface area (Å²) in [5.74, 6) is -0.721. The summed E-state index contributed by atoms with van der Waals surface area (Å²) in [7, 11) is 3.01. The van der Waals surface area contributed by atoms with Crippen LogP contribution in [0.2, 0.25) is 0 Å². The Morgan fingerprint density at radius 3 is 2.72 bits per heavy atom. The number of amides is 4. The molecule has 1 aromatic rings. The van der Waals surface area contributed by atoms with Crippen molar-refractivity contribution in [3.63, 3.8) is 0 Å². The number of hydrogen-bond acceptors (Lipinski definition) is 6. The van der Waals surface area contributed by atoms with Gasteiger partial charge < -0.3 is 14.8 Å². The molecule has 0 spiro atoms. The van der Waals surface area contributed by atoms with Crippen molar-refractivity contribution in [2.24, 2.45) is 10.9 Å². The first-order chi connectivity index (χ1) is 13.9. The summed E-state index contributed by atoms with van der Waals surface area (Å²) in [6.07, 6.45) is 1.57. The van der Waals surface area contributed by atoms with Gasteiger partial charge in [0.05, 0.1) is 26.5 Å². The molecule has 4 amide bonds. The van der Waals surface area contributed by atoms with E-state index in [2.05, 4.69) is 10.3 Å². The van der Waals surface area contributed by atoms with Crippen LogP contribution in [0.5, 0.6) is 5.75 Å². The van der Waals surface area contributed by atoms with Crippen LogP contribution in [-0.4, -0.2) is 66.7 Å². The maximum absolute atomic E-state index is 13.1. The normalized spacial score (nSPS) is 18.8. The molecule has 0 aliphatic carbocycles. The van der Waals surface area contributed by atoms with E-state index in [-0.39, 0.29) is 5.84 Å². The molecule has 0 fully saturated rings. The van der Waals surface area contributed by atoms with E-state index in [0.717, 1.165) is 4.90 Å². The molecule has 152 valence electrons. The monoisotopic (exact) mass is 399 g/mol. The molecule has 1 unspecified atom stereocenters. The highest BCUT2D eigenvalue weighted by Gasteiger charge is 2.50. The lowest BCUT2D eigenvalue weighted by Crippen LogP contribution is -2.56. The molecule has 0 saturated heterocycles. The number of methoxy groups -OCH3 is 1. The fourth-order valence-corrected chi connectivity index (χ4v) is 3.26. The number of hydrogen-bond donors (Lipinski definition) is 1. The molecule has 0 saturated carbocycles. The predicted molar refractivity (Wildman–Crippen MR) is 106 cm³/mol. The highest BCUT2D eigenvalue weighted by Crippen LogP contribution is 2.28. The molecule has 29 heavy (non-hydrogen) atoms. The highest BCUT2D eigenvalue weighted by atomic mass is 16.5. The Bertz CT molecular complexity index is 963. The van der Waals surface area contributed by atoms with Crippen LogP contribution in [-0.2, 0) is 14.3 Å². The molecule has 9 nitrogen and oxygen atoms in total. The van der Waals surface area contributed by atoms with Crippen molar-refractivity contribution >= 4 is 35.6 Å². The zero-order chi connectivity index (χ0) is 21.1. The molecule has 0 aromatic heterocycles. The van der Waals surface area contributed by atoms with Crippen molar-refractivity contribution in [1.82, 2.24) is 4.90 Å². The van der Waals surface area contributed by atoms with Crippen LogP contribution >= 0.6 is 0 Å². The van der Waals surface area contributed by atoms with Crippen molar-refractivity contribution in [2.45, 2.75) is 13.8 Å². The number of carbonyl (C=O) groups is 3.